The SMILES string of the molecule is NC(CCCC(C(=O)O)N(Br)Br)C(=O)O. The number of carboxylic acid groups (broad SMARTS) is 2. The summed E-state index contributed by atoms with van der Waals surface area (Å²) in [6, 6.07) is -1.68. The van der Waals surface area contributed by atoms with Gasteiger partial charge in [0.05, 0.1) is 0 Å². The van der Waals surface area contributed by atoms with Crippen LogP contribution in [0.1, 0.15) is 19.3 Å². The van der Waals surface area contributed by atoms with Crippen LogP contribution in [-0.4, -0.2) is 37.2 Å². The molecule has 0 aromatic rings. The predicted molar refractivity (Wildman–Crippen MR) is 60.6 cm³/mol. The maximum Gasteiger partial charge on any atom is 0.322 e. The number of nitrogens with two attached hydrogens (primary N) is 1. The summed E-state index contributed by atoms with van der Waals surface area (Å²) in [5, 5.41) is 17.3. The second kappa shape index (κ2) is 7.15. The van der Waals surface area contributed by atoms with Gasteiger partial charge in [0.25, 0.3) is 0 Å². The van der Waals surface area contributed by atoms with Gasteiger partial charge in [0.2, 0.25) is 0 Å². The van der Waals surface area contributed by atoms with Crippen molar-refractivity contribution in [1.82, 2.24) is 2.95 Å². The molecule has 0 amide bonds. The van der Waals surface area contributed by atoms with Crippen molar-refractivity contribution in [3.8, 4) is 0 Å². The Morgan fingerprint density at radius 3 is 2.07 bits per heavy atom. The Kier molecular flexibility index (Phi) is 7.07. The average Bonchev–Trinajstić information content (AvgIpc) is 2.10. The number of rotatable bonds is 7. The van der Waals surface area contributed by atoms with Gasteiger partial charge in [0, 0.05) is 32.3 Å². The van der Waals surface area contributed by atoms with Crippen molar-refractivity contribution in [2.45, 2.75) is 31.3 Å². The number of carbonyl (C=O) groups is 2. The van der Waals surface area contributed by atoms with Crippen molar-refractivity contribution in [2.24, 2.45) is 5.73 Å². The molecule has 88 valence electrons. The number of nitrogens with zero attached hydrogens (tertiary/aromatic N) is 1. The zero-order valence-corrected chi connectivity index (χ0v) is 10.9. The van der Waals surface area contributed by atoms with Crippen LogP contribution in [0.5, 0.6) is 0 Å². The monoisotopic (exact) mass is 346 g/mol. The number of halogens is 2. The van der Waals surface area contributed by atoms with Gasteiger partial charge in [-0.1, -0.05) is 0 Å². The first-order valence-corrected chi connectivity index (χ1v) is 5.60. The molecule has 0 fully saturated rings. The average molecular weight is 348 g/mol. The number of hydrogen-bond donors (Lipinski definition) is 3. The summed E-state index contributed by atoms with van der Waals surface area (Å²) in [5.74, 6) is -2.07. The lowest BCUT2D eigenvalue weighted by molar-refractivity contribution is -0.140. The third-order valence-corrected chi connectivity index (χ3v) is 2.82. The second-order valence-corrected chi connectivity index (χ2v) is 5.47. The fourth-order valence-corrected chi connectivity index (χ4v) is 1.72. The van der Waals surface area contributed by atoms with Gasteiger partial charge in [0.15, 0.2) is 0 Å². The smallest absolute Gasteiger partial charge is 0.322 e. The normalized spacial score (nSPS) is 14.9. The molecule has 0 aromatic carbocycles. The molecule has 0 spiro atoms. The quantitative estimate of drug-likeness (QED) is 0.592. The van der Waals surface area contributed by atoms with Crippen molar-refractivity contribution in [2.75, 3.05) is 0 Å². The molecule has 2 unspecified atom stereocenters. The number of carboxylic acids is 2. The predicted octanol–water partition coefficient (Wildman–Crippen LogP) is 0.944. The van der Waals surface area contributed by atoms with E-state index in [2.05, 4.69) is 32.3 Å². The third-order valence-electron chi connectivity index (χ3n) is 1.83. The molecule has 0 radical (unpaired) electrons. The minimum Gasteiger partial charge on any atom is -0.480 e. The molecule has 0 rings (SSSR count). The maximum atomic E-state index is 10.7. The lowest BCUT2D eigenvalue weighted by Crippen LogP contribution is -2.32. The molecular formula is C7H12Br2N2O4. The van der Waals surface area contributed by atoms with E-state index >= 15 is 0 Å². The first-order chi connectivity index (χ1) is 6.86. The minimum atomic E-state index is -1.07. The van der Waals surface area contributed by atoms with E-state index in [0.717, 1.165) is 0 Å². The number of aliphatic carboxylic acids is 2. The van der Waals surface area contributed by atoms with Crippen LogP contribution < -0.4 is 5.73 Å². The second-order valence-electron chi connectivity index (χ2n) is 2.99. The van der Waals surface area contributed by atoms with E-state index in [1.165, 1.54) is 2.95 Å². The standard InChI is InChI=1S/C7H12Br2N2O4/c8-11(9)5(7(14)15)3-1-2-4(10)6(12)13/h4-5H,1-3,10H2,(H,12,13)(H,14,15). The van der Waals surface area contributed by atoms with Crippen LogP contribution >= 0.6 is 32.3 Å². The van der Waals surface area contributed by atoms with E-state index in [4.69, 9.17) is 15.9 Å². The summed E-state index contributed by atoms with van der Waals surface area (Å²) in [6.45, 7) is 0. The van der Waals surface area contributed by atoms with Crippen molar-refractivity contribution < 1.29 is 19.8 Å². The van der Waals surface area contributed by atoms with Gasteiger partial charge in [0.1, 0.15) is 12.1 Å². The van der Waals surface area contributed by atoms with Crippen molar-refractivity contribution >= 4 is 44.2 Å². The molecule has 0 aliphatic carbocycles. The summed E-state index contributed by atoms with van der Waals surface area (Å²) < 4.78 is 1.22. The zero-order valence-electron chi connectivity index (χ0n) is 7.77. The molecule has 0 bridgehead atoms. The largest absolute Gasteiger partial charge is 0.480 e. The Balaban J connectivity index is 3.92. The van der Waals surface area contributed by atoms with Crippen LogP contribution in [0.15, 0.2) is 0 Å². The summed E-state index contributed by atoms with van der Waals surface area (Å²) in [6.07, 6.45) is 0.998. The molecule has 0 heterocycles. The molecule has 6 nitrogen and oxygen atoms in total. The first-order valence-electron chi connectivity index (χ1n) is 4.18. The van der Waals surface area contributed by atoms with Crippen LogP contribution in [0.25, 0.3) is 0 Å². The highest BCUT2D eigenvalue weighted by molar-refractivity contribution is 9.21. The Bertz CT molecular complexity index is 237. The van der Waals surface area contributed by atoms with Crippen molar-refractivity contribution in [3.05, 3.63) is 0 Å². The van der Waals surface area contributed by atoms with E-state index in [1.54, 1.807) is 0 Å². The Morgan fingerprint density at radius 1 is 1.20 bits per heavy atom. The van der Waals surface area contributed by atoms with Crippen molar-refractivity contribution in [3.63, 3.8) is 0 Å². The maximum absolute atomic E-state index is 10.7. The molecule has 0 saturated carbocycles. The zero-order chi connectivity index (χ0) is 12.0. The number of hydrogen-bond acceptors (Lipinski definition) is 4. The van der Waals surface area contributed by atoms with E-state index < -0.39 is 24.0 Å². The van der Waals surface area contributed by atoms with Gasteiger partial charge in [-0.25, -0.2) is 0 Å². The molecule has 0 aliphatic rings. The summed E-state index contributed by atoms with van der Waals surface area (Å²) in [5.41, 5.74) is 5.27. The van der Waals surface area contributed by atoms with Crippen LogP contribution in [-0.2, 0) is 9.59 Å². The fourth-order valence-electron chi connectivity index (χ4n) is 0.959. The van der Waals surface area contributed by atoms with Crippen LogP contribution in [0.4, 0.5) is 0 Å². The van der Waals surface area contributed by atoms with Crippen molar-refractivity contribution in [1.29, 1.82) is 0 Å². The van der Waals surface area contributed by atoms with Gasteiger partial charge >= 0.3 is 11.9 Å². The molecule has 0 saturated heterocycles. The Labute approximate surface area is 104 Å². The summed E-state index contributed by atoms with van der Waals surface area (Å²) >= 11 is 5.92. The first kappa shape index (κ1) is 14.8. The van der Waals surface area contributed by atoms with Gasteiger partial charge in [-0.15, -0.1) is 0 Å². The highest BCUT2D eigenvalue weighted by Gasteiger charge is 2.22. The third kappa shape index (κ3) is 6.08. The van der Waals surface area contributed by atoms with Crippen LogP contribution in [0.3, 0.4) is 0 Å². The van der Waals surface area contributed by atoms with Gasteiger partial charge < -0.3 is 15.9 Å². The molecule has 15 heavy (non-hydrogen) atoms. The molecule has 0 aromatic heterocycles. The molecule has 2 atom stereocenters. The van der Waals surface area contributed by atoms with E-state index in [0.29, 0.717) is 12.8 Å². The van der Waals surface area contributed by atoms with E-state index in [1.807, 2.05) is 0 Å². The van der Waals surface area contributed by atoms with E-state index in [-0.39, 0.29) is 6.42 Å². The molecule has 8 heteroatoms. The highest BCUT2D eigenvalue weighted by atomic mass is 79.9. The highest BCUT2D eigenvalue weighted by Crippen LogP contribution is 2.18. The summed E-state index contributed by atoms with van der Waals surface area (Å²) in [7, 11) is 0. The Hall–Kier alpha value is -0.180. The topological polar surface area (TPSA) is 104 Å². The van der Waals surface area contributed by atoms with E-state index in [9.17, 15) is 9.59 Å². The van der Waals surface area contributed by atoms with Crippen LogP contribution in [0.2, 0.25) is 0 Å². The summed E-state index contributed by atoms with van der Waals surface area (Å²) in [4.78, 5) is 21.1. The van der Waals surface area contributed by atoms with Gasteiger partial charge in [-0.2, -0.15) is 2.95 Å². The van der Waals surface area contributed by atoms with Gasteiger partial charge in [-0.3, -0.25) is 9.59 Å². The van der Waals surface area contributed by atoms with Crippen LogP contribution in [0, 0.1) is 0 Å². The molecular weight excluding hydrogens is 336 g/mol. The Morgan fingerprint density at radius 2 is 1.73 bits per heavy atom. The lowest BCUT2D eigenvalue weighted by atomic mass is 10.1. The molecule has 4 N–H and O–H groups in total. The lowest BCUT2D eigenvalue weighted by Gasteiger charge is -2.16. The fraction of sp³-hybridized carbons (Fsp3) is 0.714. The minimum absolute atomic E-state index is 0.257. The molecule has 0 aliphatic heterocycles. The van der Waals surface area contributed by atoms with Gasteiger partial charge in [-0.05, 0) is 19.3 Å².